The number of esters is 2. The molecule has 0 spiro atoms. The number of nitrogens with two attached hydrogens (primary N) is 1. The third-order valence-corrected chi connectivity index (χ3v) is 11.4. The van der Waals surface area contributed by atoms with Gasteiger partial charge < -0.3 is 40.6 Å². The van der Waals surface area contributed by atoms with Crippen LogP contribution in [-0.4, -0.2) is 119 Å². The minimum absolute atomic E-state index is 0. The van der Waals surface area contributed by atoms with E-state index in [4.69, 9.17) is 41.6 Å². The summed E-state index contributed by atoms with van der Waals surface area (Å²) in [6, 6.07) is -4.14. The van der Waals surface area contributed by atoms with Crippen LogP contribution in [0.5, 0.6) is 0 Å². The summed E-state index contributed by atoms with van der Waals surface area (Å²) in [5, 5.41) is 33.5. The van der Waals surface area contributed by atoms with Crippen molar-refractivity contribution < 1.29 is 93.4 Å². The Balaban J connectivity index is -0.000000269. The molecule has 6 N–H and O–H groups in total. The van der Waals surface area contributed by atoms with Crippen LogP contribution in [0, 0.1) is 23.7 Å². The number of alkyl halides is 8. The number of hydrogen-bond acceptors (Lipinski definition) is 12. The van der Waals surface area contributed by atoms with Crippen molar-refractivity contribution in [1.29, 1.82) is 0 Å². The molecule has 4 rings (SSSR count). The zero-order valence-electron chi connectivity index (χ0n) is 38.3. The summed E-state index contributed by atoms with van der Waals surface area (Å²) in [7, 11) is 2.43. The quantitative estimate of drug-likeness (QED) is 0.0245. The maximum atomic E-state index is 13.1. The van der Waals surface area contributed by atoms with E-state index in [1.54, 1.807) is 20.8 Å². The van der Waals surface area contributed by atoms with Gasteiger partial charge in [0, 0.05) is 61.2 Å². The van der Waals surface area contributed by atoms with Crippen molar-refractivity contribution in [2.75, 3.05) is 14.2 Å². The highest BCUT2D eigenvalue weighted by molar-refractivity contribution is 5.80. The number of rotatable bonds is 11. The van der Waals surface area contributed by atoms with Gasteiger partial charge in [-0.2, -0.15) is 0 Å². The summed E-state index contributed by atoms with van der Waals surface area (Å²) in [4.78, 5) is 69.2. The number of carboxylic acids is 2. The summed E-state index contributed by atoms with van der Waals surface area (Å²) in [5.41, 5.74) is 21.3. The smallest absolute Gasteiger partial charge is 0.408 e. The van der Waals surface area contributed by atoms with Crippen LogP contribution < -0.4 is 11.1 Å². The monoisotopic (exact) mass is 1060 g/mol. The fourth-order valence-corrected chi connectivity index (χ4v) is 7.63. The number of alkyl carbamates (subject to hydrolysis) is 1. The molecule has 0 aliphatic heterocycles. The first kappa shape index (κ1) is 75.6. The van der Waals surface area contributed by atoms with Crippen molar-refractivity contribution in [3.63, 3.8) is 0 Å². The number of nitrogens with zero attached hydrogens (tertiary/aromatic N) is 6. The number of aliphatic carboxylic acids is 2. The van der Waals surface area contributed by atoms with E-state index in [9.17, 15) is 59.1 Å². The number of carboxylic acid groups (broad SMARTS) is 3. The molecule has 1 amide bonds. The number of methoxy groups -OCH3 is 2. The Morgan fingerprint density at radius 2 is 0.903 bits per heavy atom. The summed E-state index contributed by atoms with van der Waals surface area (Å²) >= 11 is 0. The molecule has 0 aromatic rings. The Hall–Kier alpha value is -5.36. The molecule has 4 aliphatic rings. The van der Waals surface area contributed by atoms with E-state index in [2.05, 4.69) is 34.8 Å². The van der Waals surface area contributed by atoms with Gasteiger partial charge in [-0.15, -0.1) is 0 Å². The van der Waals surface area contributed by atoms with Gasteiger partial charge >= 0.3 is 30.0 Å². The first-order chi connectivity index (χ1) is 31.3. The number of carbonyl (C=O) groups excluding carboxylic acids is 3. The van der Waals surface area contributed by atoms with Crippen molar-refractivity contribution in [3.05, 3.63) is 20.9 Å². The molecule has 4 fully saturated rings. The number of carbonyl (C=O) groups is 6. The second kappa shape index (κ2) is 34.9. The fraction of sp³-hybridized carbons (Fsp3) is 0.864. The lowest BCUT2D eigenvalue weighted by Crippen LogP contribution is -2.49. The van der Waals surface area contributed by atoms with E-state index in [0.29, 0.717) is 12.8 Å². The van der Waals surface area contributed by atoms with Crippen molar-refractivity contribution in [3.8, 4) is 0 Å². The van der Waals surface area contributed by atoms with Gasteiger partial charge in [0.25, 0.3) is 6.47 Å². The molecule has 422 valence electrons. The second-order valence-electron chi connectivity index (χ2n) is 17.6. The fourth-order valence-electron chi connectivity index (χ4n) is 7.63. The Labute approximate surface area is 416 Å². The molecule has 0 saturated heterocycles. The van der Waals surface area contributed by atoms with Crippen molar-refractivity contribution in [1.82, 2.24) is 5.32 Å². The Morgan fingerprint density at radius 3 is 1.18 bits per heavy atom. The van der Waals surface area contributed by atoms with E-state index in [1.165, 1.54) is 14.2 Å². The average Bonchev–Trinajstić information content (AvgIpc) is 3.24. The number of amides is 1. The summed E-state index contributed by atoms with van der Waals surface area (Å²) < 4.78 is 117. The predicted octanol–water partition coefficient (Wildman–Crippen LogP) is 11.6. The van der Waals surface area contributed by atoms with Crippen LogP contribution in [0.4, 0.5) is 39.9 Å². The van der Waals surface area contributed by atoms with Gasteiger partial charge in [0.1, 0.15) is 29.8 Å². The molecule has 4 atom stereocenters. The van der Waals surface area contributed by atoms with E-state index in [1.807, 2.05) is 0 Å². The molecule has 72 heavy (non-hydrogen) atoms. The number of hydrogen-bond donors (Lipinski definition) is 5. The highest BCUT2D eigenvalue weighted by Gasteiger charge is 2.43. The van der Waals surface area contributed by atoms with Gasteiger partial charge in [-0.1, -0.05) is 39.9 Å². The van der Waals surface area contributed by atoms with Crippen LogP contribution in [0.3, 0.4) is 0 Å². The van der Waals surface area contributed by atoms with E-state index in [-0.39, 0.29) is 138 Å². The predicted molar refractivity (Wildman–Crippen MR) is 250 cm³/mol. The van der Waals surface area contributed by atoms with Crippen LogP contribution in [-0.2, 0) is 38.2 Å². The summed E-state index contributed by atoms with van der Waals surface area (Å²) in [5.74, 6) is -15.8. The van der Waals surface area contributed by atoms with Gasteiger partial charge in [-0.05, 0) is 107 Å². The third-order valence-electron chi connectivity index (χ3n) is 11.4. The summed E-state index contributed by atoms with van der Waals surface area (Å²) in [6.07, 6.45) is -1.86. The average molecular weight is 1060 g/mol. The molecule has 0 aromatic carbocycles. The van der Waals surface area contributed by atoms with E-state index >= 15 is 0 Å². The second-order valence-corrected chi connectivity index (χ2v) is 17.6. The van der Waals surface area contributed by atoms with Crippen LogP contribution in [0.1, 0.15) is 153 Å². The van der Waals surface area contributed by atoms with Gasteiger partial charge in [0.15, 0.2) is 0 Å². The number of nitrogens with one attached hydrogen (secondary N) is 1. The van der Waals surface area contributed by atoms with E-state index in [0.717, 1.165) is 0 Å². The van der Waals surface area contributed by atoms with Gasteiger partial charge in [0.2, 0.25) is 23.7 Å². The maximum Gasteiger partial charge on any atom is 0.408 e. The molecule has 4 aliphatic carbocycles. The highest BCUT2D eigenvalue weighted by atomic mass is 19.3. The molecular weight excluding hydrogens is 985 g/mol. The molecule has 0 radical (unpaired) electrons. The lowest BCUT2D eigenvalue weighted by Gasteiger charge is -2.32. The molecule has 0 aromatic heterocycles. The van der Waals surface area contributed by atoms with Crippen LogP contribution >= 0.6 is 0 Å². The Kier molecular flexibility index (Phi) is 36.6. The SMILES string of the molecule is C.C.C.C.CC(C)(C)OC(=O)N[C@H](C(=O)O)C1CCC(F)(F)CC1.COC(=O)[C@@H](N)C1CCC(F)(F)CC1.COC(=O)[C@@H](N=[N+]=[N-])C1CCC(F)(F)CC1.O=CO.[N-]=[N+]=N[C@H](C(=O)O)C1CCC(F)(F)CC1. The summed E-state index contributed by atoms with van der Waals surface area (Å²) in [6.45, 7) is 4.72. The zero-order chi connectivity index (χ0) is 52.7. The van der Waals surface area contributed by atoms with E-state index < -0.39 is 95.3 Å². The lowest BCUT2D eigenvalue weighted by molar-refractivity contribution is -0.145. The van der Waals surface area contributed by atoms with Crippen LogP contribution in [0.2, 0.25) is 0 Å². The Morgan fingerprint density at radius 1 is 0.611 bits per heavy atom. The third kappa shape index (κ3) is 29.9. The normalized spacial score (nSPS) is 20.4. The Bertz CT molecular complexity index is 1710. The molecule has 0 bridgehead atoms. The molecule has 4 saturated carbocycles. The van der Waals surface area contributed by atoms with Crippen LogP contribution in [0.15, 0.2) is 10.2 Å². The largest absolute Gasteiger partial charge is 0.483 e. The van der Waals surface area contributed by atoms with Crippen molar-refractivity contribution in [2.24, 2.45) is 39.6 Å². The number of ether oxygens (including phenoxy) is 3. The van der Waals surface area contributed by atoms with Crippen LogP contribution in [0.25, 0.3) is 20.9 Å². The molecule has 0 heterocycles. The maximum absolute atomic E-state index is 13.1. The minimum atomic E-state index is -2.73. The number of halogens is 8. The van der Waals surface area contributed by atoms with Crippen molar-refractivity contribution >= 4 is 36.4 Å². The minimum Gasteiger partial charge on any atom is -0.483 e. The molecule has 20 nitrogen and oxygen atoms in total. The standard InChI is InChI=1S/C13H21F2NO4.C9H13F2N3O2.C9H15F2NO2.C8H11F2N3O2.CH2O2.4CH4/c1-12(2,3)20-11(19)16-9(10(17)18)8-4-6-13(14,15)7-5-8;1-16-8(15)7(13-14-12)6-2-4-9(10,11)5-3-6;1-14-8(13)7(12)6-2-4-9(10,11)5-3-6;9-8(10)3-1-5(2-4-8)6(7(14)15)12-13-11;2-1-3;;;;/h8-9H,4-7H2,1-3H3,(H,16,19)(H,17,18);6-7H,2-5H2,1H3;6-7H,2-5,12H2,1H3;5-6H,1-4H2,(H,14,15);1H,(H,2,3);4*1H4/t9-;2*7-;6-;;;;;/m0000...../s1. The van der Waals surface area contributed by atoms with Gasteiger partial charge in [0.05, 0.1) is 14.2 Å². The molecular formula is C44H78F8N8O12. The first-order valence-electron chi connectivity index (χ1n) is 21.4. The molecule has 0 unspecified atom stereocenters. The lowest BCUT2D eigenvalue weighted by atomic mass is 9.82. The first-order valence-corrected chi connectivity index (χ1v) is 21.4. The van der Waals surface area contributed by atoms with Gasteiger partial charge in [-0.3, -0.25) is 19.2 Å². The molecule has 28 heteroatoms. The number of azide groups is 2. The zero-order valence-corrected chi connectivity index (χ0v) is 38.3. The van der Waals surface area contributed by atoms with Gasteiger partial charge in [-0.25, -0.2) is 44.7 Å². The highest BCUT2D eigenvalue weighted by Crippen LogP contribution is 2.41. The topological polar surface area (TPSA) is 326 Å². The van der Waals surface area contributed by atoms with Crippen molar-refractivity contribution in [2.45, 2.75) is 207 Å².